The predicted octanol–water partition coefficient (Wildman–Crippen LogP) is 2.29. The van der Waals surface area contributed by atoms with E-state index in [0.29, 0.717) is 0 Å². The Hall–Kier alpha value is -0.910. The van der Waals surface area contributed by atoms with Crippen LogP contribution in [0.4, 0.5) is 0 Å². The summed E-state index contributed by atoms with van der Waals surface area (Å²) < 4.78 is 23.7. The minimum absolute atomic E-state index is 0.0392. The van der Waals surface area contributed by atoms with Crippen molar-refractivity contribution in [2.24, 2.45) is 0 Å². The molecule has 0 saturated heterocycles. The Morgan fingerprint density at radius 3 is 2.72 bits per heavy atom. The molecule has 1 aliphatic rings. The number of rotatable bonds is 5. The van der Waals surface area contributed by atoms with Crippen LogP contribution in [0.3, 0.4) is 0 Å². The third-order valence-electron chi connectivity index (χ3n) is 3.08. The molecule has 18 heavy (non-hydrogen) atoms. The normalized spacial score (nSPS) is 17.2. The maximum atomic E-state index is 11.8. The molecular weight excluding hydrogens is 250 g/mol. The molecule has 0 aromatic heterocycles. The first-order valence-electron chi connectivity index (χ1n) is 6.26. The molecular formula is C13H19NO3S. The van der Waals surface area contributed by atoms with Crippen LogP contribution in [0.1, 0.15) is 36.8 Å². The zero-order valence-corrected chi connectivity index (χ0v) is 11.4. The van der Waals surface area contributed by atoms with Gasteiger partial charge in [-0.25, -0.2) is 8.42 Å². The zero-order chi connectivity index (χ0) is 13.0. The maximum Gasteiger partial charge on any atom is 0.237 e. The first-order valence-corrected chi connectivity index (χ1v) is 7.91. The van der Waals surface area contributed by atoms with Gasteiger partial charge in [0, 0.05) is 0 Å². The lowest BCUT2D eigenvalue weighted by atomic mass is 10.2. The van der Waals surface area contributed by atoms with Crippen molar-refractivity contribution >= 4 is 10.0 Å². The number of hydrogen-bond acceptors (Lipinski definition) is 3. The average molecular weight is 269 g/mol. The van der Waals surface area contributed by atoms with Crippen molar-refractivity contribution in [3.8, 4) is 0 Å². The van der Waals surface area contributed by atoms with Gasteiger partial charge in [0.15, 0.2) is 0 Å². The van der Waals surface area contributed by atoms with Crippen molar-refractivity contribution in [3.05, 3.63) is 35.4 Å². The maximum absolute atomic E-state index is 11.8. The fraction of sp³-hybridized carbons (Fsp3) is 0.538. The van der Waals surface area contributed by atoms with Gasteiger partial charge in [0.25, 0.3) is 0 Å². The summed E-state index contributed by atoms with van der Waals surface area (Å²) in [5, 5.41) is 0. The lowest BCUT2D eigenvalue weighted by Gasteiger charge is -2.12. The number of nitrogens with one attached hydrogen (secondary N) is 1. The Labute approximate surface area is 108 Å². The molecule has 1 aromatic carbocycles. The van der Waals surface area contributed by atoms with Crippen LogP contribution in [0.5, 0.6) is 0 Å². The summed E-state index contributed by atoms with van der Waals surface area (Å²) in [7, 11) is -3.41. The van der Waals surface area contributed by atoms with Gasteiger partial charge in [0.05, 0.1) is 11.9 Å². The number of hydrogen-bond donors (Lipinski definition) is 1. The highest BCUT2D eigenvalue weighted by atomic mass is 32.2. The average Bonchev–Trinajstić information content (AvgIpc) is 2.78. The van der Waals surface area contributed by atoms with Crippen molar-refractivity contribution in [2.45, 2.75) is 44.5 Å². The molecule has 0 spiro atoms. The molecule has 2 rings (SSSR count). The van der Waals surface area contributed by atoms with Gasteiger partial charge in [-0.3, -0.25) is 4.84 Å². The Balaban J connectivity index is 1.90. The van der Waals surface area contributed by atoms with Gasteiger partial charge in [0.2, 0.25) is 10.0 Å². The predicted molar refractivity (Wildman–Crippen MR) is 70.3 cm³/mol. The van der Waals surface area contributed by atoms with Crippen LogP contribution in [-0.4, -0.2) is 14.5 Å². The summed E-state index contributed by atoms with van der Waals surface area (Å²) in [5.41, 5.74) is 1.83. The summed E-state index contributed by atoms with van der Waals surface area (Å²) in [4.78, 5) is 7.47. The van der Waals surface area contributed by atoms with Crippen LogP contribution in [0.15, 0.2) is 24.3 Å². The first-order chi connectivity index (χ1) is 8.55. The second kappa shape index (κ2) is 5.82. The quantitative estimate of drug-likeness (QED) is 0.834. The van der Waals surface area contributed by atoms with E-state index in [2.05, 4.69) is 4.89 Å². The van der Waals surface area contributed by atoms with Gasteiger partial charge < -0.3 is 0 Å². The SMILES string of the molecule is Cc1cccc(CS(=O)(=O)NOC2CCCC2)c1. The topological polar surface area (TPSA) is 55.4 Å². The highest BCUT2D eigenvalue weighted by molar-refractivity contribution is 7.88. The van der Waals surface area contributed by atoms with Crippen molar-refractivity contribution < 1.29 is 13.3 Å². The highest BCUT2D eigenvalue weighted by Gasteiger charge is 2.19. The summed E-state index contributed by atoms with van der Waals surface area (Å²) in [6, 6.07) is 7.48. The van der Waals surface area contributed by atoms with Crippen molar-refractivity contribution in [2.75, 3.05) is 0 Å². The van der Waals surface area contributed by atoms with E-state index in [1.165, 1.54) is 0 Å². The van der Waals surface area contributed by atoms with Crippen molar-refractivity contribution in [1.29, 1.82) is 0 Å². The molecule has 0 atom stereocenters. The molecule has 100 valence electrons. The third-order valence-corrected chi connectivity index (χ3v) is 4.15. The molecule has 0 radical (unpaired) electrons. The van der Waals surface area contributed by atoms with Crippen LogP contribution >= 0.6 is 0 Å². The van der Waals surface area contributed by atoms with Gasteiger partial charge in [-0.1, -0.05) is 47.6 Å². The van der Waals surface area contributed by atoms with Crippen LogP contribution in [0, 0.1) is 6.92 Å². The highest BCUT2D eigenvalue weighted by Crippen LogP contribution is 2.20. The van der Waals surface area contributed by atoms with Crippen LogP contribution in [0.2, 0.25) is 0 Å². The zero-order valence-electron chi connectivity index (χ0n) is 10.6. The summed E-state index contributed by atoms with van der Waals surface area (Å²) >= 11 is 0. The largest absolute Gasteiger partial charge is 0.284 e. The Morgan fingerprint density at radius 1 is 1.33 bits per heavy atom. The molecule has 4 nitrogen and oxygen atoms in total. The second-order valence-electron chi connectivity index (χ2n) is 4.86. The third kappa shape index (κ3) is 4.08. The number of sulfonamides is 1. The fourth-order valence-corrected chi connectivity index (χ4v) is 3.16. The van der Waals surface area contributed by atoms with Gasteiger partial charge in [0.1, 0.15) is 0 Å². The molecule has 0 amide bonds. The monoisotopic (exact) mass is 269 g/mol. The molecule has 0 heterocycles. The fourth-order valence-electron chi connectivity index (χ4n) is 2.20. The molecule has 0 unspecified atom stereocenters. The van der Waals surface area contributed by atoms with Gasteiger partial charge in [-0.2, -0.15) is 0 Å². The number of aryl methyl sites for hydroxylation is 1. The molecule has 1 fully saturated rings. The smallest absolute Gasteiger partial charge is 0.237 e. The summed E-state index contributed by atoms with van der Waals surface area (Å²) in [5.74, 6) is -0.0403. The van der Waals surface area contributed by atoms with Crippen molar-refractivity contribution in [3.63, 3.8) is 0 Å². The molecule has 0 aliphatic heterocycles. The molecule has 1 saturated carbocycles. The lowest BCUT2D eigenvalue weighted by Crippen LogP contribution is -2.29. The van der Waals surface area contributed by atoms with E-state index in [4.69, 9.17) is 4.84 Å². The molecule has 5 heteroatoms. The Bertz CT molecular complexity index is 493. The Kier molecular flexibility index (Phi) is 4.37. The minimum atomic E-state index is -3.41. The Morgan fingerprint density at radius 2 is 2.06 bits per heavy atom. The minimum Gasteiger partial charge on any atom is -0.284 e. The summed E-state index contributed by atoms with van der Waals surface area (Å²) in [6.07, 6.45) is 4.14. The summed E-state index contributed by atoms with van der Waals surface area (Å²) in [6.45, 7) is 1.94. The molecule has 1 aliphatic carbocycles. The van der Waals surface area contributed by atoms with E-state index in [1.54, 1.807) is 0 Å². The second-order valence-corrected chi connectivity index (χ2v) is 6.54. The van der Waals surface area contributed by atoms with E-state index >= 15 is 0 Å². The van der Waals surface area contributed by atoms with E-state index in [1.807, 2.05) is 31.2 Å². The molecule has 0 bridgehead atoms. The number of benzene rings is 1. The standard InChI is InChI=1S/C13H19NO3S/c1-11-5-4-6-12(9-11)10-18(15,16)14-17-13-7-2-3-8-13/h4-6,9,13-14H,2-3,7-8,10H2,1H3. The van der Waals surface area contributed by atoms with Crippen LogP contribution in [0.25, 0.3) is 0 Å². The van der Waals surface area contributed by atoms with Gasteiger partial charge in [-0.15, -0.1) is 0 Å². The lowest BCUT2D eigenvalue weighted by molar-refractivity contribution is 0.0222. The van der Waals surface area contributed by atoms with E-state index in [9.17, 15) is 8.42 Å². The molecule has 1 aromatic rings. The van der Waals surface area contributed by atoms with Crippen LogP contribution < -0.4 is 4.89 Å². The van der Waals surface area contributed by atoms with Crippen LogP contribution in [-0.2, 0) is 20.6 Å². The first kappa shape index (κ1) is 13.5. The molecule has 1 N–H and O–H groups in total. The van der Waals surface area contributed by atoms with E-state index in [0.717, 1.165) is 36.8 Å². The van der Waals surface area contributed by atoms with E-state index in [-0.39, 0.29) is 11.9 Å². The van der Waals surface area contributed by atoms with Gasteiger partial charge >= 0.3 is 0 Å². The van der Waals surface area contributed by atoms with Gasteiger partial charge in [-0.05, 0) is 25.3 Å². The van der Waals surface area contributed by atoms with Crippen molar-refractivity contribution in [1.82, 2.24) is 4.89 Å². The van der Waals surface area contributed by atoms with E-state index < -0.39 is 10.0 Å².